The van der Waals surface area contributed by atoms with Crippen LogP contribution in [0.4, 0.5) is 5.69 Å². The molecule has 0 saturated heterocycles. The summed E-state index contributed by atoms with van der Waals surface area (Å²) in [5.41, 5.74) is 3.36. The zero-order valence-electron chi connectivity index (χ0n) is 17.3. The molecule has 0 fully saturated rings. The molecule has 0 aliphatic carbocycles. The van der Waals surface area contributed by atoms with Crippen molar-refractivity contribution in [1.82, 2.24) is 4.57 Å². The van der Waals surface area contributed by atoms with Gasteiger partial charge in [0.15, 0.2) is 9.84 Å². The molecular weight excluding hydrogens is 408 g/mol. The minimum Gasteiger partial charge on any atom is -0.337 e. The summed E-state index contributed by atoms with van der Waals surface area (Å²) in [6, 6.07) is 24.1. The lowest BCUT2D eigenvalue weighted by Gasteiger charge is -2.08. The van der Waals surface area contributed by atoms with Crippen molar-refractivity contribution in [3.05, 3.63) is 96.2 Å². The smallest absolute Gasteiger partial charge is 0.244 e. The second-order valence-electron chi connectivity index (χ2n) is 7.48. The Hall–Kier alpha value is -3.38. The summed E-state index contributed by atoms with van der Waals surface area (Å²) in [5, 5.41) is 3.51. The number of anilines is 1. The number of fused-ring (bicyclic) bond motifs is 1. The predicted molar refractivity (Wildman–Crippen MR) is 124 cm³/mol. The first-order chi connectivity index (χ1) is 15.0. The third kappa shape index (κ3) is 4.70. The van der Waals surface area contributed by atoms with Gasteiger partial charge in [-0.2, -0.15) is 0 Å². The van der Waals surface area contributed by atoms with E-state index >= 15 is 0 Å². The Labute approximate surface area is 182 Å². The lowest BCUT2D eigenvalue weighted by atomic mass is 10.1. The number of aryl methyl sites for hydroxylation is 1. The molecule has 0 bridgehead atoms. The van der Waals surface area contributed by atoms with Crippen LogP contribution in [0.1, 0.15) is 18.1 Å². The van der Waals surface area contributed by atoms with E-state index in [-0.39, 0.29) is 23.1 Å². The molecular formula is C25H24N2O3S. The molecule has 1 amide bonds. The van der Waals surface area contributed by atoms with E-state index in [9.17, 15) is 13.2 Å². The van der Waals surface area contributed by atoms with Crippen molar-refractivity contribution in [2.24, 2.45) is 0 Å². The van der Waals surface area contributed by atoms with Gasteiger partial charge >= 0.3 is 0 Å². The normalized spacial score (nSPS) is 11.5. The van der Waals surface area contributed by atoms with Crippen LogP contribution < -0.4 is 5.32 Å². The Morgan fingerprint density at radius 3 is 2.26 bits per heavy atom. The van der Waals surface area contributed by atoms with Crippen molar-refractivity contribution in [1.29, 1.82) is 0 Å². The Bertz CT molecular complexity index is 1310. The van der Waals surface area contributed by atoms with Crippen molar-refractivity contribution in [3.8, 4) is 0 Å². The summed E-state index contributed by atoms with van der Waals surface area (Å²) in [5.74, 6) is -0.297. The quantitative estimate of drug-likeness (QED) is 0.455. The number of hydrogen-bond donors (Lipinski definition) is 1. The number of hydrogen-bond acceptors (Lipinski definition) is 3. The molecule has 0 radical (unpaired) electrons. The van der Waals surface area contributed by atoms with Crippen molar-refractivity contribution in [2.45, 2.75) is 30.5 Å². The fourth-order valence-corrected chi connectivity index (χ4v) is 5.22. The lowest BCUT2D eigenvalue weighted by molar-refractivity contribution is -0.116. The van der Waals surface area contributed by atoms with E-state index in [2.05, 4.69) is 12.2 Å². The van der Waals surface area contributed by atoms with Crippen LogP contribution in [0.2, 0.25) is 0 Å². The van der Waals surface area contributed by atoms with Crippen molar-refractivity contribution in [3.63, 3.8) is 0 Å². The van der Waals surface area contributed by atoms with E-state index in [4.69, 9.17) is 0 Å². The molecule has 0 spiro atoms. The number of amides is 1. The maximum Gasteiger partial charge on any atom is 0.244 e. The van der Waals surface area contributed by atoms with Gasteiger partial charge in [0.05, 0.1) is 10.6 Å². The van der Waals surface area contributed by atoms with Crippen molar-refractivity contribution < 1.29 is 13.2 Å². The Balaban J connectivity index is 1.61. The summed E-state index contributed by atoms with van der Waals surface area (Å²) in [6.07, 6.45) is 2.51. The fourth-order valence-electron chi connectivity index (χ4n) is 3.64. The highest BCUT2D eigenvalue weighted by Gasteiger charge is 2.22. The summed E-state index contributed by atoms with van der Waals surface area (Å²) >= 11 is 0. The Morgan fingerprint density at radius 2 is 1.55 bits per heavy atom. The van der Waals surface area contributed by atoms with Gasteiger partial charge in [-0.25, -0.2) is 8.42 Å². The number of nitrogens with one attached hydrogen (secondary N) is 1. The molecule has 6 heteroatoms. The minimum absolute atomic E-state index is 0.0247. The van der Waals surface area contributed by atoms with E-state index < -0.39 is 9.84 Å². The van der Waals surface area contributed by atoms with E-state index in [1.807, 2.05) is 60.7 Å². The van der Waals surface area contributed by atoms with E-state index in [1.54, 1.807) is 29.0 Å². The zero-order chi connectivity index (χ0) is 21.8. The van der Waals surface area contributed by atoms with Gasteiger partial charge in [-0.1, -0.05) is 67.6 Å². The molecule has 3 aromatic carbocycles. The van der Waals surface area contributed by atoms with Gasteiger partial charge in [0.2, 0.25) is 5.91 Å². The third-order valence-electron chi connectivity index (χ3n) is 5.25. The van der Waals surface area contributed by atoms with E-state index in [1.165, 1.54) is 5.56 Å². The molecule has 0 saturated carbocycles. The number of sulfone groups is 1. The number of aromatic nitrogens is 1. The molecule has 1 N–H and O–H groups in total. The van der Waals surface area contributed by atoms with Crippen LogP contribution in [0, 0.1) is 0 Å². The highest BCUT2D eigenvalue weighted by Crippen LogP contribution is 2.28. The minimum atomic E-state index is -3.57. The van der Waals surface area contributed by atoms with Gasteiger partial charge in [-0.05, 0) is 35.7 Å². The second-order valence-corrected chi connectivity index (χ2v) is 9.44. The first-order valence-corrected chi connectivity index (χ1v) is 11.8. The zero-order valence-corrected chi connectivity index (χ0v) is 18.1. The summed E-state index contributed by atoms with van der Waals surface area (Å²) < 4.78 is 28.0. The van der Waals surface area contributed by atoms with Crippen LogP contribution in [0.5, 0.6) is 0 Å². The standard InChI is InChI=1S/C25H24N2O3S/c1-2-19-12-14-21(15-13-19)26-25(28)17-27-16-24(22-10-6-7-11-23(22)27)31(29,30)18-20-8-4-3-5-9-20/h3-16H,2,17-18H2,1H3,(H,26,28). The molecule has 0 aliphatic heterocycles. The molecule has 5 nitrogen and oxygen atoms in total. The number of benzene rings is 3. The fraction of sp³-hybridized carbons (Fsp3) is 0.160. The molecule has 4 aromatic rings. The maximum atomic E-state index is 13.2. The monoisotopic (exact) mass is 432 g/mol. The molecule has 31 heavy (non-hydrogen) atoms. The van der Waals surface area contributed by atoms with Crippen LogP contribution >= 0.6 is 0 Å². The maximum absolute atomic E-state index is 13.2. The number of carbonyl (C=O) groups is 1. The van der Waals surface area contributed by atoms with Crippen molar-refractivity contribution in [2.75, 3.05) is 5.32 Å². The molecule has 158 valence electrons. The first kappa shape index (κ1) is 20.9. The highest BCUT2D eigenvalue weighted by molar-refractivity contribution is 7.90. The average molecular weight is 433 g/mol. The predicted octanol–water partition coefficient (Wildman–Crippen LogP) is 4.82. The largest absolute Gasteiger partial charge is 0.337 e. The molecule has 4 rings (SSSR count). The Kier molecular flexibility index (Phi) is 5.91. The molecule has 1 heterocycles. The van der Waals surface area contributed by atoms with Crippen LogP contribution in [0.25, 0.3) is 10.9 Å². The van der Waals surface area contributed by atoms with E-state index in [0.29, 0.717) is 10.9 Å². The average Bonchev–Trinajstić information content (AvgIpc) is 3.14. The first-order valence-electron chi connectivity index (χ1n) is 10.2. The molecule has 1 aromatic heterocycles. The number of carbonyl (C=O) groups excluding carboxylic acids is 1. The van der Waals surface area contributed by atoms with Crippen molar-refractivity contribution >= 4 is 32.3 Å². The number of para-hydroxylation sites is 1. The number of rotatable bonds is 7. The third-order valence-corrected chi connectivity index (χ3v) is 6.96. The SMILES string of the molecule is CCc1ccc(NC(=O)Cn2cc(S(=O)(=O)Cc3ccccc3)c3ccccc32)cc1. The van der Waals surface area contributed by atoms with Gasteiger partial charge in [0, 0.05) is 22.8 Å². The Morgan fingerprint density at radius 1 is 0.871 bits per heavy atom. The van der Waals surface area contributed by atoms with Gasteiger partial charge in [0.1, 0.15) is 6.54 Å². The van der Waals surface area contributed by atoms with Crippen LogP contribution in [-0.2, 0) is 33.4 Å². The van der Waals surface area contributed by atoms with E-state index in [0.717, 1.165) is 17.7 Å². The molecule has 0 unspecified atom stereocenters. The number of nitrogens with zero attached hydrogens (tertiary/aromatic N) is 1. The second kappa shape index (κ2) is 8.78. The van der Waals surface area contributed by atoms with Crippen LogP contribution in [0.15, 0.2) is 90.0 Å². The van der Waals surface area contributed by atoms with Gasteiger partial charge in [0.25, 0.3) is 0 Å². The summed E-state index contributed by atoms with van der Waals surface area (Å²) in [4.78, 5) is 12.9. The molecule has 0 aliphatic rings. The van der Waals surface area contributed by atoms with Gasteiger partial charge in [-0.3, -0.25) is 4.79 Å². The topological polar surface area (TPSA) is 68.2 Å². The summed E-state index contributed by atoms with van der Waals surface area (Å²) in [7, 11) is -3.57. The lowest BCUT2D eigenvalue weighted by Crippen LogP contribution is -2.18. The highest BCUT2D eigenvalue weighted by atomic mass is 32.2. The van der Waals surface area contributed by atoms with Crippen LogP contribution in [0.3, 0.4) is 0 Å². The van der Waals surface area contributed by atoms with Gasteiger partial charge < -0.3 is 9.88 Å². The summed E-state index contributed by atoms with van der Waals surface area (Å²) in [6.45, 7) is 2.10. The molecule has 0 atom stereocenters. The van der Waals surface area contributed by atoms with Crippen LogP contribution in [-0.4, -0.2) is 18.9 Å². The van der Waals surface area contributed by atoms with Gasteiger partial charge in [-0.15, -0.1) is 0 Å².